The van der Waals surface area contributed by atoms with Crippen molar-refractivity contribution in [2.75, 3.05) is 18.0 Å². The number of nitrogens with one attached hydrogen (secondary N) is 1. The summed E-state index contributed by atoms with van der Waals surface area (Å²) in [6.45, 7) is 4.90. The largest absolute Gasteiger partial charge is 0.352 e. The summed E-state index contributed by atoms with van der Waals surface area (Å²) < 4.78 is 0. The standard InChI is InChI=1S/C14H18N4O/c1-14(2)9-17-13(19)12(8-16)18(14)11-5-3-4-10(6-11)7-15/h3-6,12H,8-9,16H2,1-2H3,(H,17,19). The lowest BCUT2D eigenvalue weighted by atomic mass is 9.94. The molecule has 3 N–H and O–H groups in total. The Bertz CT molecular complexity index is 532. The fraction of sp³-hybridized carbons (Fsp3) is 0.429. The Kier molecular flexibility index (Phi) is 3.45. The number of benzene rings is 1. The van der Waals surface area contributed by atoms with Gasteiger partial charge in [-0.3, -0.25) is 4.79 Å². The van der Waals surface area contributed by atoms with Crippen molar-refractivity contribution in [1.82, 2.24) is 5.32 Å². The third-order valence-electron chi connectivity index (χ3n) is 3.44. The van der Waals surface area contributed by atoms with Crippen molar-refractivity contribution in [3.05, 3.63) is 29.8 Å². The van der Waals surface area contributed by atoms with Crippen molar-refractivity contribution in [2.24, 2.45) is 5.73 Å². The molecule has 1 saturated heterocycles. The molecule has 2 rings (SSSR count). The minimum atomic E-state index is -0.405. The van der Waals surface area contributed by atoms with Gasteiger partial charge in [-0.25, -0.2) is 0 Å². The third kappa shape index (κ3) is 2.40. The predicted octanol–water partition coefficient (Wildman–Crippen LogP) is 0.600. The number of piperazine rings is 1. The smallest absolute Gasteiger partial charge is 0.244 e. The molecule has 1 amide bonds. The average Bonchev–Trinajstić information content (AvgIpc) is 2.41. The first-order valence-electron chi connectivity index (χ1n) is 6.27. The summed E-state index contributed by atoms with van der Waals surface area (Å²) in [5.41, 5.74) is 6.94. The molecule has 100 valence electrons. The predicted molar refractivity (Wildman–Crippen MR) is 73.6 cm³/mol. The zero-order valence-corrected chi connectivity index (χ0v) is 11.2. The Morgan fingerprint density at radius 1 is 1.58 bits per heavy atom. The summed E-state index contributed by atoms with van der Waals surface area (Å²) in [6.07, 6.45) is 0. The van der Waals surface area contributed by atoms with Crippen LogP contribution in [0.3, 0.4) is 0 Å². The molecule has 1 unspecified atom stereocenters. The summed E-state index contributed by atoms with van der Waals surface area (Å²) in [5.74, 6) is -0.0656. The van der Waals surface area contributed by atoms with Gasteiger partial charge in [0.15, 0.2) is 0 Å². The number of carbonyl (C=O) groups is 1. The second kappa shape index (κ2) is 4.90. The fourth-order valence-electron chi connectivity index (χ4n) is 2.51. The molecule has 1 atom stereocenters. The van der Waals surface area contributed by atoms with E-state index >= 15 is 0 Å². The van der Waals surface area contributed by atoms with Gasteiger partial charge < -0.3 is 16.0 Å². The third-order valence-corrected chi connectivity index (χ3v) is 3.44. The Hall–Kier alpha value is -2.06. The van der Waals surface area contributed by atoms with Crippen LogP contribution in [0.5, 0.6) is 0 Å². The Balaban J connectivity index is 2.47. The molecular weight excluding hydrogens is 240 g/mol. The van der Waals surface area contributed by atoms with Crippen LogP contribution >= 0.6 is 0 Å². The minimum Gasteiger partial charge on any atom is -0.352 e. The molecule has 5 nitrogen and oxygen atoms in total. The van der Waals surface area contributed by atoms with E-state index in [1.165, 1.54) is 0 Å². The molecule has 1 aromatic carbocycles. The lowest BCUT2D eigenvalue weighted by Crippen LogP contribution is -2.67. The molecular formula is C14H18N4O. The van der Waals surface area contributed by atoms with Crippen LogP contribution in [0.4, 0.5) is 5.69 Å². The molecule has 19 heavy (non-hydrogen) atoms. The normalized spacial score (nSPS) is 21.7. The van der Waals surface area contributed by atoms with E-state index in [-0.39, 0.29) is 18.0 Å². The maximum Gasteiger partial charge on any atom is 0.244 e. The van der Waals surface area contributed by atoms with Crippen molar-refractivity contribution in [3.8, 4) is 6.07 Å². The van der Waals surface area contributed by atoms with Gasteiger partial charge in [0.2, 0.25) is 5.91 Å². The highest BCUT2D eigenvalue weighted by atomic mass is 16.2. The van der Waals surface area contributed by atoms with E-state index in [1.807, 2.05) is 30.9 Å². The van der Waals surface area contributed by atoms with Gasteiger partial charge in [0.05, 0.1) is 17.2 Å². The quantitative estimate of drug-likeness (QED) is 0.814. The van der Waals surface area contributed by atoms with Crippen LogP contribution in [0.2, 0.25) is 0 Å². The van der Waals surface area contributed by atoms with E-state index in [1.54, 1.807) is 12.1 Å². The van der Waals surface area contributed by atoms with E-state index in [0.29, 0.717) is 12.1 Å². The molecule has 0 aromatic heterocycles. The van der Waals surface area contributed by atoms with Gasteiger partial charge in [-0.2, -0.15) is 5.26 Å². The number of hydrogen-bond acceptors (Lipinski definition) is 4. The molecule has 5 heteroatoms. The molecule has 0 bridgehead atoms. The van der Waals surface area contributed by atoms with Crippen LogP contribution in [0.1, 0.15) is 19.4 Å². The molecule has 1 aromatic rings. The van der Waals surface area contributed by atoms with E-state index in [0.717, 1.165) is 5.69 Å². The second-order valence-corrected chi connectivity index (χ2v) is 5.31. The molecule has 0 radical (unpaired) electrons. The molecule has 0 saturated carbocycles. The molecule has 0 spiro atoms. The van der Waals surface area contributed by atoms with E-state index in [9.17, 15) is 4.79 Å². The van der Waals surface area contributed by atoms with E-state index in [2.05, 4.69) is 11.4 Å². The number of nitrogens with two attached hydrogens (primary N) is 1. The Morgan fingerprint density at radius 3 is 2.95 bits per heavy atom. The van der Waals surface area contributed by atoms with Gasteiger partial charge in [-0.05, 0) is 32.0 Å². The van der Waals surface area contributed by atoms with Gasteiger partial charge in [-0.1, -0.05) is 6.07 Å². The molecule has 1 aliphatic heterocycles. The number of anilines is 1. The topological polar surface area (TPSA) is 82.2 Å². The Morgan fingerprint density at radius 2 is 2.32 bits per heavy atom. The lowest BCUT2D eigenvalue weighted by Gasteiger charge is -2.48. The van der Waals surface area contributed by atoms with Crippen molar-refractivity contribution in [2.45, 2.75) is 25.4 Å². The number of rotatable bonds is 2. The second-order valence-electron chi connectivity index (χ2n) is 5.31. The summed E-state index contributed by atoms with van der Waals surface area (Å²) >= 11 is 0. The highest BCUT2D eigenvalue weighted by Crippen LogP contribution is 2.29. The number of amides is 1. The van der Waals surface area contributed by atoms with Crippen LogP contribution in [0.15, 0.2) is 24.3 Å². The summed E-state index contributed by atoms with van der Waals surface area (Å²) in [6, 6.07) is 8.99. The van der Waals surface area contributed by atoms with Gasteiger partial charge in [0, 0.05) is 18.8 Å². The van der Waals surface area contributed by atoms with Crippen molar-refractivity contribution in [1.29, 1.82) is 5.26 Å². The average molecular weight is 258 g/mol. The summed E-state index contributed by atoms with van der Waals surface area (Å²) in [7, 11) is 0. The van der Waals surface area contributed by atoms with Gasteiger partial charge in [0.25, 0.3) is 0 Å². The first kappa shape index (κ1) is 13.4. The highest BCUT2D eigenvalue weighted by Gasteiger charge is 2.40. The molecule has 1 heterocycles. The van der Waals surface area contributed by atoms with Crippen LogP contribution in [-0.2, 0) is 4.79 Å². The first-order chi connectivity index (χ1) is 8.99. The van der Waals surface area contributed by atoms with Crippen LogP contribution < -0.4 is 16.0 Å². The van der Waals surface area contributed by atoms with Gasteiger partial charge >= 0.3 is 0 Å². The summed E-state index contributed by atoms with van der Waals surface area (Å²) in [5, 5.41) is 11.9. The zero-order valence-electron chi connectivity index (χ0n) is 11.2. The minimum absolute atomic E-state index is 0.0656. The number of hydrogen-bond donors (Lipinski definition) is 2. The summed E-state index contributed by atoms with van der Waals surface area (Å²) in [4.78, 5) is 14.0. The van der Waals surface area contributed by atoms with E-state index in [4.69, 9.17) is 11.0 Å². The maximum absolute atomic E-state index is 12.0. The Labute approximate surface area is 113 Å². The van der Waals surface area contributed by atoms with Crippen molar-refractivity contribution in [3.63, 3.8) is 0 Å². The number of nitriles is 1. The highest BCUT2D eigenvalue weighted by molar-refractivity contribution is 5.87. The fourth-order valence-corrected chi connectivity index (χ4v) is 2.51. The first-order valence-corrected chi connectivity index (χ1v) is 6.27. The van der Waals surface area contributed by atoms with Crippen molar-refractivity contribution >= 4 is 11.6 Å². The van der Waals surface area contributed by atoms with Crippen LogP contribution in [0.25, 0.3) is 0 Å². The van der Waals surface area contributed by atoms with E-state index < -0.39 is 6.04 Å². The lowest BCUT2D eigenvalue weighted by molar-refractivity contribution is -0.124. The SMILES string of the molecule is CC1(C)CNC(=O)C(CN)N1c1cccc(C#N)c1. The van der Waals surface area contributed by atoms with Crippen molar-refractivity contribution < 1.29 is 4.79 Å². The van der Waals surface area contributed by atoms with Crippen LogP contribution in [0, 0.1) is 11.3 Å². The monoisotopic (exact) mass is 258 g/mol. The number of carbonyl (C=O) groups excluding carboxylic acids is 1. The molecule has 1 aliphatic rings. The zero-order chi connectivity index (χ0) is 14.0. The van der Waals surface area contributed by atoms with Gasteiger partial charge in [0.1, 0.15) is 6.04 Å². The molecule has 1 fully saturated rings. The number of nitrogens with zero attached hydrogens (tertiary/aromatic N) is 2. The molecule has 0 aliphatic carbocycles. The van der Waals surface area contributed by atoms with Gasteiger partial charge in [-0.15, -0.1) is 0 Å². The maximum atomic E-state index is 12.0. The van der Waals surface area contributed by atoms with Crippen LogP contribution in [-0.4, -0.2) is 30.6 Å².